The molecule has 0 aliphatic carbocycles. The van der Waals surface area contributed by atoms with E-state index in [4.69, 9.17) is 5.73 Å². The molecule has 0 saturated carbocycles. The van der Waals surface area contributed by atoms with E-state index in [-0.39, 0.29) is 11.9 Å². The van der Waals surface area contributed by atoms with Crippen LogP contribution in [0.25, 0.3) is 0 Å². The Morgan fingerprint density at radius 1 is 1.45 bits per heavy atom. The summed E-state index contributed by atoms with van der Waals surface area (Å²) >= 11 is 1.74. The first-order valence-electron chi connectivity index (χ1n) is 6.48. The van der Waals surface area contributed by atoms with Crippen molar-refractivity contribution in [2.75, 3.05) is 5.73 Å². The maximum Gasteiger partial charge on any atom is 0.272 e. The molecule has 1 unspecified atom stereocenters. The van der Waals surface area contributed by atoms with Crippen molar-refractivity contribution in [1.82, 2.24) is 15.1 Å². The van der Waals surface area contributed by atoms with Gasteiger partial charge in [0.25, 0.3) is 5.91 Å². The number of carbonyl (C=O) groups is 1. The summed E-state index contributed by atoms with van der Waals surface area (Å²) in [6.07, 6.45) is 0. The topological polar surface area (TPSA) is 72.9 Å². The van der Waals surface area contributed by atoms with Crippen molar-refractivity contribution < 1.29 is 4.79 Å². The number of anilines is 1. The van der Waals surface area contributed by atoms with Gasteiger partial charge in [-0.15, -0.1) is 11.3 Å². The molecule has 5 nitrogen and oxygen atoms in total. The summed E-state index contributed by atoms with van der Waals surface area (Å²) in [5.74, 6) is -0.193. The van der Waals surface area contributed by atoms with Crippen LogP contribution in [-0.4, -0.2) is 15.7 Å². The molecule has 1 atom stereocenters. The highest BCUT2D eigenvalue weighted by molar-refractivity contribution is 7.12. The number of thiophene rings is 1. The van der Waals surface area contributed by atoms with Gasteiger partial charge in [0.15, 0.2) is 0 Å². The van der Waals surface area contributed by atoms with Crippen molar-refractivity contribution in [3.8, 4) is 0 Å². The molecule has 0 radical (unpaired) electrons. The largest absolute Gasteiger partial charge is 0.395 e. The highest BCUT2D eigenvalue weighted by atomic mass is 32.1. The lowest BCUT2D eigenvalue weighted by atomic mass is 10.1. The predicted octanol–water partition coefficient (Wildman–Crippen LogP) is 2.48. The second-order valence-corrected chi connectivity index (χ2v) is 6.50. The summed E-state index contributed by atoms with van der Waals surface area (Å²) in [6.45, 7) is 7.91. The van der Waals surface area contributed by atoms with E-state index in [1.165, 1.54) is 14.4 Å². The zero-order valence-electron chi connectivity index (χ0n) is 12.4. The standard InChI is InChI=1S/C14H20N4OS/c1-7-6-11(10(4)20-7)8(2)16-14(19)13-12(15)9(3)17-18(13)5/h6,8H,15H2,1-5H3,(H,16,19). The van der Waals surface area contributed by atoms with Gasteiger partial charge in [-0.3, -0.25) is 9.48 Å². The number of hydrogen-bond acceptors (Lipinski definition) is 4. The molecular weight excluding hydrogens is 272 g/mol. The van der Waals surface area contributed by atoms with Gasteiger partial charge in [0.05, 0.1) is 17.4 Å². The van der Waals surface area contributed by atoms with E-state index in [1.807, 2.05) is 6.92 Å². The summed E-state index contributed by atoms with van der Waals surface area (Å²) in [5.41, 5.74) is 8.59. The quantitative estimate of drug-likeness (QED) is 0.912. The minimum atomic E-state index is -0.193. The molecule has 0 aliphatic heterocycles. The van der Waals surface area contributed by atoms with Crippen molar-refractivity contribution in [2.45, 2.75) is 33.7 Å². The maximum atomic E-state index is 12.4. The van der Waals surface area contributed by atoms with Gasteiger partial charge in [-0.05, 0) is 39.3 Å². The average Bonchev–Trinajstić information content (AvgIpc) is 2.79. The zero-order chi connectivity index (χ0) is 15.0. The number of hydrogen-bond donors (Lipinski definition) is 2. The van der Waals surface area contributed by atoms with Crippen molar-refractivity contribution >= 4 is 22.9 Å². The number of nitrogen functional groups attached to an aromatic ring is 1. The molecule has 0 aliphatic rings. The van der Waals surface area contributed by atoms with E-state index in [0.29, 0.717) is 17.1 Å². The van der Waals surface area contributed by atoms with Crippen LogP contribution in [0.15, 0.2) is 6.07 Å². The fourth-order valence-electron chi connectivity index (χ4n) is 2.37. The fraction of sp³-hybridized carbons (Fsp3) is 0.429. The van der Waals surface area contributed by atoms with Crippen molar-refractivity contribution in [2.24, 2.45) is 7.05 Å². The lowest BCUT2D eigenvalue weighted by Crippen LogP contribution is -2.29. The molecule has 1 amide bonds. The Bertz CT molecular complexity index is 656. The normalized spacial score (nSPS) is 12.4. The molecule has 2 rings (SSSR count). The van der Waals surface area contributed by atoms with Gasteiger partial charge in [0.2, 0.25) is 0 Å². The molecular formula is C14H20N4OS. The van der Waals surface area contributed by atoms with E-state index in [0.717, 1.165) is 5.56 Å². The van der Waals surface area contributed by atoms with Crippen molar-refractivity contribution in [3.05, 3.63) is 32.8 Å². The lowest BCUT2D eigenvalue weighted by molar-refractivity contribution is 0.0931. The lowest BCUT2D eigenvalue weighted by Gasteiger charge is -2.14. The number of nitrogens with two attached hydrogens (primary N) is 1. The number of nitrogens with zero attached hydrogens (tertiary/aromatic N) is 2. The number of rotatable bonds is 3. The van der Waals surface area contributed by atoms with Crippen molar-refractivity contribution in [1.29, 1.82) is 0 Å². The molecule has 3 N–H and O–H groups in total. The Morgan fingerprint density at radius 3 is 2.55 bits per heavy atom. The Morgan fingerprint density at radius 2 is 2.10 bits per heavy atom. The number of amides is 1. The van der Waals surface area contributed by atoms with E-state index >= 15 is 0 Å². The van der Waals surface area contributed by atoms with Crippen LogP contribution in [0.5, 0.6) is 0 Å². The minimum Gasteiger partial charge on any atom is -0.395 e. The maximum absolute atomic E-state index is 12.4. The Kier molecular flexibility index (Phi) is 3.85. The van der Waals surface area contributed by atoms with Crippen molar-refractivity contribution in [3.63, 3.8) is 0 Å². The van der Waals surface area contributed by atoms with E-state index in [2.05, 4.69) is 30.3 Å². The highest BCUT2D eigenvalue weighted by Gasteiger charge is 2.21. The van der Waals surface area contributed by atoms with Crippen LogP contribution in [0.4, 0.5) is 5.69 Å². The summed E-state index contributed by atoms with van der Waals surface area (Å²) in [4.78, 5) is 14.8. The Labute approximate surface area is 122 Å². The highest BCUT2D eigenvalue weighted by Crippen LogP contribution is 2.26. The van der Waals surface area contributed by atoms with Gasteiger partial charge < -0.3 is 11.1 Å². The van der Waals surface area contributed by atoms with Gasteiger partial charge in [0.1, 0.15) is 5.69 Å². The molecule has 2 aromatic heterocycles. The Balaban J connectivity index is 2.21. The summed E-state index contributed by atoms with van der Waals surface area (Å²) in [5, 5.41) is 7.15. The van der Waals surface area contributed by atoms with E-state index in [9.17, 15) is 4.79 Å². The average molecular weight is 292 g/mol. The smallest absolute Gasteiger partial charge is 0.272 e. The van der Waals surface area contributed by atoms with Crippen LogP contribution in [0.2, 0.25) is 0 Å². The van der Waals surface area contributed by atoms with Gasteiger partial charge >= 0.3 is 0 Å². The third-order valence-electron chi connectivity index (χ3n) is 3.38. The molecule has 0 spiro atoms. The summed E-state index contributed by atoms with van der Waals surface area (Å²) < 4.78 is 1.53. The molecule has 0 aromatic carbocycles. The number of aromatic nitrogens is 2. The third-order valence-corrected chi connectivity index (χ3v) is 4.36. The predicted molar refractivity (Wildman–Crippen MR) is 82.0 cm³/mol. The first-order valence-corrected chi connectivity index (χ1v) is 7.29. The van der Waals surface area contributed by atoms with Crippen LogP contribution < -0.4 is 11.1 Å². The van der Waals surface area contributed by atoms with Crippen LogP contribution in [-0.2, 0) is 7.05 Å². The first-order chi connectivity index (χ1) is 9.31. The second kappa shape index (κ2) is 5.28. The van der Waals surface area contributed by atoms with Crippen LogP contribution in [0.3, 0.4) is 0 Å². The number of carbonyl (C=O) groups excluding carboxylic acids is 1. The third kappa shape index (κ3) is 2.56. The van der Waals surface area contributed by atoms with Gasteiger partial charge in [-0.25, -0.2) is 0 Å². The summed E-state index contributed by atoms with van der Waals surface area (Å²) in [6, 6.07) is 2.06. The van der Waals surface area contributed by atoms with Crippen LogP contribution >= 0.6 is 11.3 Å². The van der Waals surface area contributed by atoms with Gasteiger partial charge in [-0.2, -0.15) is 5.10 Å². The monoisotopic (exact) mass is 292 g/mol. The molecule has 6 heteroatoms. The molecule has 2 heterocycles. The molecule has 2 aromatic rings. The van der Waals surface area contributed by atoms with Gasteiger partial charge in [0, 0.05) is 16.8 Å². The number of nitrogens with one attached hydrogen (secondary N) is 1. The zero-order valence-corrected chi connectivity index (χ0v) is 13.3. The van der Waals surface area contributed by atoms with Crippen LogP contribution in [0, 0.1) is 20.8 Å². The van der Waals surface area contributed by atoms with Crippen LogP contribution in [0.1, 0.15) is 44.5 Å². The fourth-order valence-corrected chi connectivity index (χ4v) is 3.39. The molecule has 0 bridgehead atoms. The summed E-state index contributed by atoms with van der Waals surface area (Å²) in [7, 11) is 1.73. The second-order valence-electron chi connectivity index (χ2n) is 5.04. The number of aryl methyl sites for hydroxylation is 4. The molecule has 20 heavy (non-hydrogen) atoms. The van der Waals surface area contributed by atoms with Gasteiger partial charge in [-0.1, -0.05) is 0 Å². The SMILES string of the molecule is Cc1cc(C(C)NC(=O)c2c(N)c(C)nn2C)c(C)s1. The molecule has 108 valence electrons. The molecule has 0 saturated heterocycles. The minimum absolute atomic E-state index is 0.0537. The van der Waals surface area contributed by atoms with E-state index < -0.39 is 0 Å². The van der Waals surface area contributed by atoms with E-state index in [1.54, 1.807) is 25.3 Å². The Hall–Kier alpha value is -1.82. The molecule has 0 fully saturated rings. The first kappa shape index (κ1) is 14.6.